The minimum Gasteiger partial charge on any atom is -0.491 e. The Morgan fingerprint density at radius 1 is 1.29 bits per heavy atom. The molecule has 0 radical (unpaired) electrons. The van der Waals surface area contributed by atoms with Crippen molar-refractivity contribution >= 4 is 22.0 Å². The van der Waals surface area contributed by atoms with Crippen molar-refractivity contribution in [3.8, 4) is 5.75 Å². The van der Waals surface area contributed by atoms with Crippen LogP contribution in [0.25, 0.3) is 0 Å². The minimum absolute atomic E-state index is 0.0532. The molecule has 1 heterocycles. The van der Waals surface area contributed by atoms with Gasteiger partial charge in [-0.2, -0.15) is 0 Å². The average Bonchev–Trinajstić information content (AvgIpc) is 2.93. The van der Waals surface area contributed by atoms with Crippen LogP contribution in [0.4, 0.5) is 9.18 Å². The molecule has 8 nitrogen and oxygen atoms in total. The molecule has 1 atom stereocenters. The van der Waals surface area contributed by atoms with Gasteiger partial charge >= 0.3 is 6.03 Å². The molecule has 0 spiro atoms. The Labute approximate surface area is 164 Å². The highest BCUT2D eigenvalue weighted by molar-refractivity contribution is 7.89. The van der Waals surface area contributed by atoms with Crippen molar-refractivity contribution in [2.24, 2.45) is 0 Å². The van der Waals surface area contributed by atoms with Crippen molar-refractivity contribution in [3.63, 3.8) is 0 Å². The molecule has 156 valence electrons. The van der Waals surface area contributed by atoms with Gasteiger partial charge in [0.1, 0.15) is 6.54 Å². The van der Waals surface area contributed by atoms with Crippen molar-refractivity contribution in [1.29, 1.82) is 0 Å². The molecule has 0 bridgehead atoms. The molecule has 0 saturated carbocycles. The fraction of sp³-hybridized carbons (Fsp3) is 0.556. The number of urea groups is 1. The Bertz CT molecular complexity index is 815. The third-order valence-corrected chi connectivity index (χ3v) is 5.86. The van der Waals surface area contributed by atoms with Gasteiger partial charge in [0.05, 0.1) is 12.4 Å². The van der Waals surface area contributed by atoms with Crippen LogP contribution in [0.3, 0.4) is 0 Å². The monoisotopic (exact) mass is 415 g/mol. The topological polar surface area (TPSA) is 105 Å². The second-order valence-electron chi connectivity index (χ2n) is 6.62. The first kappa shape index (κ1) is 22.1. The maximum atomic E-state index is 13.6. The van der Waals surface area contributed by atoms with Crippen LogP contribution in [-0.4, -0.2) is 50.7 Å². The van der Waals surface area contributed by atoms with Gasteiger partial charge in [-0.05, 0) is 44.4 Å². The van der Waals surface area contributed by atoms with Crippen LogP contribution < -0.4 is 14.8 Å². The highest BCUT2D eigenvalue weighted by Crippen LogP contribution is 2.23. The summed E-state index contributed by atoms with van der Waals surface area (Å²) in [5.41, 5.74) is 0.609. The van der Waals surface area contributed by atoms with Gasteiger partial charge in [-0.1, -0.05) is 12.5 Å². The standard InChI is InChI=1S/C18H26FN3O5S/c1-3-27-16-11-14(7-8-15(16)19)13(2)21-28(25,26)10-6-4-5-9-22-12-17(23)20-18(22)24/h7-8,11,13,21H,3-6,9-10,12H2,1-2H3,(H,20,23,24)/t13-/m1/s1. The summed E-state index contributed by atoms with van der Waals surface area (Å²) in [6.07, 6.45) is 1.65. The molecule has 1 aromatic carbocycles. The van der Waals surface area contributed by atoms with E-state index in [2.05, 4.69) is 10.0 Å². The number of carbonyl (C=O) groups excluding carboxylic acids is 2. The minimum atomic E-state index is -3.51. The molecule has 10 heteroatoms. The molecule has 1 fully saturated rings. The summed E-state index contributed by atoms with van der Waals surface area (Å²) in [5, 5.41) is 2.19. The summed E-state index contributed by atoms with van der Waals surface area (Å²) in [5.74, 6) is -0.773. The first-order valence-electron chi connectivity index (χ1n) is 9.23. The van der Waals surface area contributed by atoms with Crippen LogP contribution in [-0.2, 0) is 14.8 Å². The Hall–Kier alpha value is -2.20. The zero-order valence-electron chi connectivity index (χ0n) is 16.0. The highest BCUT2D eigenvalue weighted by Gasteiger charge is 2.25. The van der Waals surface area contributed by atoms with Crippen molar-refractivity contribution in [1.82, 2.24) is 14.9 Å². The smallest absolute Gasteiger partial charge is 0.324 e. The van der Waals surface area contributed by atoms with Crippen LogP contribution in [0.2, 0.25) is 0 Å². The van der Waals surface area contributed by atoms with E-state index in [1.807, 2.05) is 0 Å². The van der Waals surface area contributed by atoms with E-state index in [0.717, 1.165) is 0 Å². The molecule has 28 heavy (non-hydrogen) atoms. The molecule has 1 aliphatic heterocycles. The number of halogens is 1. The van der Waals surface area contributed by atoms with Crippen LogP contribution in [0.5, 0.6) is 5.75 Å². The van der Waals surface area contributed by atoms with Gasteiger partial charge in [-0.25, -0.2) is 22.3 Å². The van der Waals surface area contributed by atoms with Crippen molar-refractivity contribution in [2.45, 2.75) is 39.2 Å². The molecule has 1 aromatic rings. The Balaban J connectivity index is 1.77. The van der Waals surface area contributed by atoms with Crippen LogP contribution in [0, 0.1) is 5.82 Å². The second kappa shape index (κ2) is 9.83. The maximum Gasteiger partial charge on any atom is 0.324 e. The molecule has 2 N–H and O–H groups in total. The predicted octanol–water partition coefficient (Wildman–Crippen LogP) is 1.93. The molecule has 2 rings (SSSR count). The molecule has 0 aliphatic carbocycles. The number of nitrogens with zero attached hydrogens (tertiary/aromatic N) is 1. The van der Waals surface area contributed by atoms with Gasteiger partial charge in [0.2, 0.25) is 15.9 Å². The SMILES string of the molecule is CCOc1cc([C@@H](C)NS(=O)(=O)CCCCCN2CC(=O)NC2=O)ccc1F. The second-order valence-corrected chi connectivity index (χ2v) is 8.49. The quantitative estimate of drug-likeness (QED) is 0.424. The fourth-order valence-electron chi connectivity index (χ4n) is 2.89. The average molecular weight is 415 g/mol. The maximum absolute atomic E-state index is 13.6. The molecular formula is C18H26FN3O5S. The van der Waals surface area contributed by atoms with E-state index in [4.69, 9.17) is 4.74 Å². The van der Waals surface area contributed by atoms with Gasteiger partial charge in [0, 0.05) is 12.6 Å². The Morgan fingerprint density at radius 3 is 2.68 bits per heavy atom. The summed E-state index contributed by atoms with van der Waals surface area (Å²) < 4.78 is 46.0. The molecule has 0 aromatic heterocycles. The predicted molar refractivity (Wildman–Crippen MR) is 102 cm³/mol. The number of sulfonamides is 1. The van der Waals surface area contributed by atoms with E-state index in [9.17, 15) is 22.4 Å². The summed E-state index contributed by atoms with van der Waals surface area (Å²) >= 11 is 0. The first-order chi connectivity index (χ1) is 13.2. The number of ether oxygens (including phenoxy) is 1. The first-order valence-corrected chi connectivity index (χ1v) is 10.9. The number of nitrogens with one attached hydrogen (secondary N) is 2. The zero-order chi connectivity index (χ0) is 20.7. The fourth-order valence-corrected chi connectivity index (χ4v) is 4.26. The van der Waals surface area contributed by atoms with Gasteiger partial charge in [0.15, 0.2) is 11.6 Å². The summed E-state index contributed by atoms with van der Waals surface area (Å²) in [6, 6.07) is 3.34. The van der Waals surface area contributed by atoms with Crippen LogP contribution in [0.15, 0.2) is 18.2 Å². The number of amides is 3. The lowest BCUT2D eigenvalue weighted by molar-refractivity contribution is -0.118. The number of rotatable bonds is 11. The number of carbonyl (C=O) groups is 2. The summed E-state index contributed by atoms with van der Waals surface area (Å²) in [7, 11) is -3.51. The summed E-state index contributed by atoms with van der Waals surface area (Å²) in [6.45, 7) is 4.21. The molecular weight excluding hydrogens is 389 g/mol. The van der Waals surface area contributed by atoms with E-state index >= 15 is 0 Å². The van der Waals surface area contributed by atoms with Crippen molar-refractivity contribution in [3.05, 3.63) is 29.6 Å². The molecule has 0 unspecified atom stereocenters. The third-order valence-electron chi connectivity index (χ3n) is 4.32. The summed E-state index contributed by atoms with van der Waals surface area (Å²) in [4.78, 5) is 23.9. The van der Waals surface area contributed by atoms with Gasteiger partial charge in [0.25, 0.3) is 0 Å². The van der Waals surface area contributed by atoms with Crippen molar-refractivity contribution in [2.75, 3.05) is 25.4 Å². The van der Waals surface area contributed by atoms with E-state index in [0.29, 0.717) is 38.0 Å². The van der Waals surface area contributed by atoms with Crippen LogP contribution >= 0.6 is 0 Å². The van der Waals surface area contributed by atoms with Gasteiger partial charge in [-0.3, -0.25) is 10.1 Å². The highest BCUT2D eigenvalue weighted by atomic mass is 32.2. The van der Waals surface area contributed by atoms with E-state index in [1.54, 1.807) is 13.8 Å². The van der Waals surface area contributed by atoms with Crippen molar-refractivity contribution < 1.29 is 27.1 Å². The van der Waals surface area contributed by atoms with E-state index < -0.39 is 27.9 Å². The van der Waals surface area contributed by atoms with Crippen LogP contribution in [0.1, 0.15) is 44.7 Å². The van der Waals surface area contributed by atoms with E-state index in [-0.39, 0.29) is 24.0 Å². The Kier molecular flexibility index (Phi) is 7.76. The number of hydrogen-bond donors (Lipinski definition) is 2. The number of imide groups is 1. The van der Waals surface area contributed by atoms with Gasteiger partial charge in [-0.15, -0.1) is 0 Å². The van der Waals surface area contributed by atoms with E-state index in [1.165, 1.54) is 23.1 Å². The molecule has 3 amide bonds. The normalized spacial score (nSPS) is 15.6. The van der Waals surface area contributed by atoms with Gasteiger partial charge < -0.3 is 9.64 Å². The molecule has 1 aliphatic rings. The lowest BCUT2D eigenvalue weighted by Gasteiger charge is -2.16. The lowest BCUT2D eigenvalue weighted by atomic mass is 10.1. The molecule has 1 saturated heterocycles. The zero-order valence-corrected chi connectivity index (χ0v) is 16.9. The largest absolute Gasteiger partial charge is 0.491 e. The number of hydrogen-bond acceptors (Lipinski definition) is 5. The number of unbranched alkanes of at least 4 members (excludes halogenated alkanes) is 2. The lowest BCUT2D eigenvalue weighted by Crippen LogP contribution is -2.30. The third kappa shape index (κ3) is 6.45. The Morgan fingerprint density at radius 2 is 2.04 bits per heavy atom. The number of benzene rings is 1.